The van der Waals surface area contributed by atoms with Crippen molar-refractivity contribution in [2.24, 2.45) is 11.7 Å². The second-order valence-electron chi connectivity index (χ2n) is 6.30. The third kappa shape index (κ3) is 3.82. The predicted octanol–water partition coefficient (Wildman–Crippen LogP) is 1.41. The summed E-state index contributed by atoms with van der Waals surface area (Å²) in [6.45, 7) is 2.99. The number of carbonyl (C=O) groups excluding carboxylic acids is 1. The van der Waals surface area contributed by atoms with Crippen molar-refractivity contribution < 1.29 is 13.9 Å². The van der Waals surface area contributed by atoms with Gasteiger partial charge in [-0.1, -0.05) is 12.5 Å². The Balaban J connectivity index is 1.58. The van der Waals surface area contributed by atoms with Crippen LogP contribution < -0.4 is 16.0 Å². The van der Waals surface area contributed by atoms with Gasteiger partial charge in [-0.15, -0.1) is 0 Å². The van der Waals surface area contributed by atoms with Crippen molar-refractivity contribution in [3.8, 4) is 0 Å². The number of nitrogens with zero attached hydrogens (tertiary/aromatic N) is 1. The number of halogens is 1. The van der Waals surface area contributed by atoms with E-state index in [0.717, 1.165) is 24.8 Å². The van der Waals surface area contributed by atoms with Gasteiger partial charge >= 0.3 is 0 Å². The van der Waals surface area contributed by atoms with E-state index in [1.807, 2.05) is 11.0 Å². The number of ether oxygens (including phenoxy) is 1. The van der Waals surface area contributed by atoms with Gasteiger partial charge < -0.3 is 20.7 Å². The van der Waals surface area contributed by atoms with Gasteiger partial charge in [0, 0.05) is 25.7 Å². The maximum absolute atomic E-state index is 14.3. The van der Waals surface area contributed by atoms with Crippen molar-refractivity contribution in [2.45, 2.75) is 31.8 Å². The Hall–Kier alpha value is -1.66. The minimum absolute atomic E-state index is 0.0207. The quantitative estimate of drug-likeness (QED) is 0.880. The molecule has 0 spiro atoms. The molecule has 1 saturated carbocycles. The molecule has 0 bridgehead atoms. The molecule has 1 heterocycles. The van der Waals surface area contributed by atoms with Crippen LogP contribution in [0.1, 0.15) is 24.8 Å². The van der Waals surface area contributed by atoms with Crippen molar-refractivity contribution in [2.75, 3.05) is 31.2 Å². The zero-order valence-corrected chi connectivity index (χ0v) is 13.3. The van der Waals surface area contributed by atoms with Gasteiger partial charge in [-0.2, -0.15) is 0 Å². The highest BCUT2D eigenvalue weighted by molar-refractivity contribution is 5.79. The lowest BCUT2D eigenvalue weighted by Crippen LogP contribution is -2.38. The molecule has 2 aliphatic rings. The lowest BCUT2D eigenvalue weighted by Gasteiger charge is -2.29. The first-order valence-corrected chi connectivity index (χ1v) is 8.29. The molecule has 6 heteroatoms. The fraction of sp³-hybridized carbons (Fsp3) is 0.588. The number of nitrogens with one attached hydrogen (secondary N) is 1. The Morgan fingerprint density at radius 3 is 2.78 bits per heavy atom. The van der Waals surface area contributed by atoms with Crippen molar-refractivity contribution >= 4 is 11.6 Å². The van der Waals surface area contributed by atoms with Crippen LogP contribution in [0.25, 0.3) is 0 Å². The zero-order valence-electron chi connectivity index (χ0n) is 13.3. The Kier molecular flexibility index (Phi) is 5.13. The third-order valence-corrected chi connectivity index (χ3v) is 4.74. The molecule has 3 rings (SSSR count). The number of carbonyl (C=O) groups is 1. The smallest absolute Gasteiger partial charge is 0.224 e. The molecule has 1 saturated heterocycles. The second kappa shape index (κ2) is 7.27. The van der Waals surface area contributed by atoms with E-state index in [2.05, 4.69) is 5.32 Å². The van der Waals surface area contributed by atoms with E-state index in [4.69, 9.17) is 10.5 Å². The van der Waals surface area contributed by atoms with Gasteiger partial charge in [0.25, 0.3) is 0 Å². The minimum atomic E-state index is -0.254. The third-order valence-electron chi connectivity index (χ3n) is 4.74. The highest BCUT2D eigenvalue weighted by atomic mass is 19.1. The van der Waals surface area contributed by atoms with Crippen molar-refractivity contribution in [3.05, 3.63) is 29.6 Å². The van der Waals surface area contributed by atoms with Crippen LogP contribution in [-0.2, 0) is 16.1 Å². The van der Waals surface area contributed by atoms with Gasteiger partial charge in [-0.25, -0.2) is 4.39 Å². The molecule has 0 radical (unpaired) electrons. The normalized spacial score (nSPS) is 24.7. The summed E-state index contributed by atoms with van der Waals surface area (Å²) in [5.74, 6) is -0.378. The van der Waals surface area contributed by atoms with Crippen molar-refractivity contribution in [3.63, 3.8) is 0 Å². The molecule has 23 heavy (non-hydrogen) atoms. The number of anilines is 1. The fourth-order valence-corrected chi connectivity index (χ4v) is 3.36. The predicted molar refractivity (Wildman–Crippen MR) is 86.6 cm³/mol. The van der Waals surface area contributed by atoms with Gasteiger partial charge in [0.05, 0.1) is 24.8 Å². The summed E-state index contributed by atoms with van der Waals surface area (Å²) in [4.78, 5) is 14.1. The zero-order chi connectivity index (χ0) is 16.2. The average Bonchev–Trinajstić information content (AvgIpc) is 3.00. The summed E-state index contributed by atoms with van der Waals surface area (Å²) in [5, 5.41) is 2.88. The van der Waals surface area contributed by atoms with Gasteiger partial charge in [-0.05, 0) is 30.5 Å². The van der Waals surface area contributed by atoms with E-state index >= 15 is 0 Å². The lowest BCUT2D eigenvalue weighted by molar-refractivity contribution is -0.125. The number of amides is 1. The minimum Gasteiger partial charge on any atom is -0.378 e. The Labute approximate surface area is 136 Å². The maximum Gasteiger partial charge on any atom is 0.224 e. The molecule has 2 atom stereocenters. The average molecular weight is 321 g/mol. The summed E-state index contributed by atoms with van der Waals surface area (Å²) in [7, 11) is 0. The van der Waals surface area contributed by atoms with E-state index in [1.165, 1.54) is 6.07 Å². The molecule has 1 aliphatic carbocycles. The molecule has 0 aromatic heterocycles. The molecular weight excluding hydrogens is 297 g/mol. The lowest BCUT2D eigenvalue weighted by atomic mass is 10.0. The summed E-state index contributed by atoms with van der Waals surface area (Å²) >= 11 is 0. The molecular formula is C17H24FN3O2. The Morgan fingerprint density at radius 1 is 1.35 bits per heavy atom. The number of hydrogen-bond donors (Lipinski definition) is 2. The van der Waals surface area contributed by atoms with E-state index in [-0.39, 0.29) is 23.7 Å². The molecule has 1 amide bonds. The molecule has 1 aliphatic heterocycles. The number of hydrogen-bond acceptors (Lipinski definition) is 4. The monoisotopic (exact) mass is 321 g/mol. The van der Waals surface area contributed by atoms with Crippen LogP contribution >= 0.6 is 0 Å². The summed E-state index contributed by atoms with van der Waals surface area (Å²) < 4.78 is 19.6. The fourth-order valence-electron chi connectivity index (χ4n) is 3.36. The van der Waals surface area contributed by atoms with Crippen molar-refractivity contribution in [1.82, 2.24) is 5.32 Å². The molecule has 3 N–H and O–H groups in total. The number of nitrogens with two attached hydrogens (primary N) is 1. The first kappa shape index (κ1) is 16.2. The number of morpholine rings is 1. The van der Waals surface area contributed by atoms with Gasteiger partial charge in [0.1, 0.15) is 5.82 Å². The highest BCUT2D eigenvalue weighted by Crippen LogP contribution is 2.24. The summed E-state index contributed by atoms with van der Waals surface area (Å²) in [5.41, 5.74) is 7.30. The van der Waals surface area contributed by atoms with Crippen molar-refractivity contribution in [1.29, 1.82) is 0 Å². The first-order valence-electron chi connectivity index (χ1n) is 8.29. The van der Waals surface area contributed by atoms with Gasteiger partial charge in [0.15, 0.2) is 0 Å². The first-order chi connectivity index (χ1) is 11.1. The molecule has 126 valence electrons. The van der Waals surface area contributed by atoms with Gasteiger partial charge in [0.2, 0.25) is 5.91 Å². The number of rotatable bonds is 4. The SMILES string of the molecule is N[C@@H]1CCC[C@@H]1C(=O)NCc1ccc(N2CCOCC2)c(F)c1. The topological polar surface area (TPSA) is 67.6 Å². The van der Waals surface area contributed by atoms with Crippen LogP contribution in [0.2, 0.25) is 0 Å². The largest absolute Gasteiger partial charge is 0.378 e. The Bertz CT molecular complexity index is 561. The summed E-state index contributed by atoms with van der Waals surface area (Å²) in [6, 6.07) is 5.10. The standard InChI is InChI=1S/C17H24FN3O2/c18-14-10-12(4-5-16(14)21-6-8-23-9-7-21)11-20-17(22)13-2-1-3-15(13)19/h4-5,10,13,15H,1-3,6-9,11,19H2,(H,20,22)/t13-,15+/m0/s1. The molecule has 5 nitrogen and oxygen atoms in total. The van der Waals surface area contributed by atoms with E-state index in [1.54, 1.807) is 6.07 Å². The van der Waals surface area contributed by atoms with Crippen LogP contribution in [0.4, 0.5) is 10.1 Å². The van der Waals surface area contributed by atoms with E-state index in [0.29, 0.717) is 38.5 Å². The van der Waals surface area contributed by atoms with Crippen LogP contribution in [0, 0.1) is 11.7 Å². The Morgan fingerprint density at radius 2 is 2.13 bits per heavy atom. The summed E-state index contributed by atoms with van der Waals surface area (Å²) in [6.07, 6.45) is 2.75. The van der Waals surface area contributed by atoms with Crippen LogP contribution in [0.15, 0.2) is 18.2 Å². The highest BCUT2D eigenvalue weighted by Gasteiger charge is 2.29. The number of benzene rings is 1. The van der Waals surface area contributed by atoms with Crippen LogP contribution in [-0.4, -0.2) is 38.3 Å². The maximum atomic E-state index is 14.3. The van der Waals surface area contributed by atoms with E-state index < -0.39 is 0 Å². The molecule has 0 unspecified atom stereocenters. The second-order valence-corrected chi connectivity index (χ2v) is 6.30. The van der Waals surface area contributed by atoms with E-state index in [9.17, 15) is 9.18 Å². The molecule has 2 fully saturated rings. The molecule has 1 aromatic carbocycles. The molecule has 1 aromatic rings. The van der Waals surface area contributed by atoms with Crippen LogP contribution in [0.3, 0.4) is 0 Å². The van der Waals surface area contributed by atoms with Gasteiger partial charge in [-0.3, -0.25) is 4.79 Å². The van der Waals surface area contributed by atoms with Crippen LogP contribution in [0.5, 0.6) is 0 Å².